The molecule has 0 bridgehead atoms. The highest BCUT2D eigenvalue weighted by Crippen LogP contribution is 2.31. The summed E-state index contributed by atoms with van der Waals surface area (Å²) in [6.07, 6.45) is 0. The van der Waals surface area contributed by atoms with Crippen molar-refractivity contribution in [2.75, 3.05) is 5.32 Å². The summed E-state index contributed by atoms with van der Waals surface area (Å²) in [6, 6.07) is 21.8. The molecule has 0 saturated carbocycles. The molecule has 33 heavy (non-hydrogen) atoms. The maximum absolute atomic E-state index is 13.1. The quantitative estimate of drug-likeness (QED) is 0.309. The van der Waals surface area contributed by atoms with Crippen LogP contribution in [0.15, 0.2) is 72.8 Å². The van der Waals surface area contributed by atoms with E-state index in [1.54, 1.807) is 41.1 Å². The Hall–Kier alpha value is -2.79. The van der Waals surface area contributed by atoms with Crippen molar-refractivity contribution in [1.82, 2.24) is 9.78 Å². The Bertz CT molecular complexity index is 1300. The minimum Gasteiger partial charge on any atom is -0.306 e. The second kappa shape index (κ2) is 9.22. The molecule has 4 nitrogen and oxygen atoms in total. The van der Waals surface area contributed by atoms with E-state index in [1.165, 1.54) is 0 Å². The molecule has 0 radical (unpaired) electrons. The molecule has 0 aliphatic heterocycles. The summed E-state index contributed by atoms with van der Waals surface area (Å²) in [6.45, 7) is 6.40. The van der Waals surface area contributed by atoms with Crippen molar-refractivity contribution in [3.05, 3.63) is 99.0 Å². The fourth-order valence-electron chi connectivity index (χ4n) is 3.37. The average molecular weight is 499 g/mol. The largest absolute Gasteiger partial charge is 0.306 e. The number of carbonyl (C=O) groups excluding carboxylic acids is 1. The maximum atomic E-state index is 13.1. The Morgan fingerprint density at radius 1 is 0.848 bits per heavy atom. The lowest BCUT2D eigenvalue weighted by Crippen LogP contribution is -2.16. The summed E-state index contributed by atoms with van der Waals surface area (Å²) in [7, 11) is 0. The van der Waals surface area contributed by atoms with Gasteiger partial charge in [-0.05, 0) is 53.4 Å². The van der Waals surface area contributed by atoms with E-state index in [1.807, 2.05) is 36.4 Å². The first-order chi connectivity index (χ1) is 15.6. The molecule has 0 aliphatic carbocycles. The summed E-state index contributed by atoms with van der Waals surface area (Å²) in [5.74, 6) is 0.214. The van der Waals surface area contributed by atoms with E-state index in [0.717, 1.165) is 11.1 Å². The minimum absolute atomic E-state index is 0.00440. The van der Waals surface area contributed by atoms with Crippen LogP contribution in [0.25, 0.3) is 16.9 Å². The van der Waals surface area contributed by atoms with Crippen molar-refractivity contribution in [3.63, 3.8) is 0 Å². The minimum atomic E-state index is -0.252. The fourth-order valence-corrected chi connectivity index (χ4v) is 3.86. The zero-order valence-corrected chi connectivity index (χ0v) is 20.6. The van der Waals surface area contributed by atoms with Gasteiger partial charge in [0.05, 0.1) is 16.4 Å². The number of amides is 1. The zero-order valence-electron chi connectivity index (χ0n) is 18.4. The number of rotatable bonds is 4. The Balaban J connectivity index is 1.73. The number of anilines is 1. The second-order valence-corrected chi connectivity index (χ2v) is 9.99. The topological polar surface area (TPSA) is 46.9 Å². The van der Waals surface area contributed by atoms with Gasteiger partial charge in [0.1, 0.15) is 5.82 Å². The number of hydrogen-bond acceptors (Lipinski definition) is 2. The molecule has 1 N–H and O–H groups in total. The first kappa shape index (κ1) is 23.4. The number of carbonyl (C=O) groups is 1. The van der Waals surface area contributed by atoms with E-state index < -0.39 is 0 Å². The molecule has 0 aliphatic rings. The average Bonchev–Trinajstić information content (AvgIpc) is 3.18. The molecule has 0 atom stereocenters. The van der Waals surface area contributed by atoms with E-state index in [0.29, 0.717) is 37.8 Å². The molecule has 0 spiro atoms. The van der Waals surface area contributed by atoms with Crippen molar-refractivity contribution >= 4 is 46.5 Å². The van der Waals surface area contributed by atoms with Gasteiger partial charge in [-0.15, -0.1) is 0 Å². The van der Waals surface area contributed by atoms with Gasteiger partial charge in [-0.25, -0.2) is 4.68 Å². The van der Waals surface area contributed by atoms with Crippen molar-refractivity contribution in [1.29, 1.82) is 0 Å². The highest BCUT2D eigenvalue weighted by molar-refractivity contribution is 6.34. The standard InChI is InChI=1S/C26H22Cl3N3O/c1-26(2,3)18-8-4-17(5-9-18)25(33)30-24-15-22(16-6-10-19(27)11-7-16)31-32(24)23-14-20(28)12-13-21(23)29/h4-15H,1-3H3,(H,30,33). The summed E-state index contributed by atoms with van der Waals surface area (Å²) in [4.78, 5) is 13.1. The summed E-state index contributed by atoms with van der Waals surface area (Å²) in [5.41, 5.74) is 3.76. The molecular formula is C26H22Cl3N3O. The maximum Gasteiger partial charge on any atom is 0.256 e. The second-order valence-electron chi connectivity index (χ2n) is 8.71. The number of benzene rings is 3. The van der Waals surface area contributed by atoms with E-state index in [-0.39, 0.29) is 11.3 Å². The van der Waals surface area contributed by atoms with Gasteiger partial charge in [0.2, 0.25) is 0 Å². The van der Waals surface area contributed by atoms with Crippen molar-refractivity contribution in [2.45, 2.75) is 26.2 Å². The Kier molecular flexibility index (Phi) is 6.53. The number of nitrogens with one attached hydrogen (secondary N) is 1. The van der Waals surface area contributed by atoms with Gasteiger partial charge in [-0.1, -0.05) is 79.8 Å². The molecule has 4 rings (SSSR count). The highest BCUT2D eigenvalue weighted by atomic mass is 35.5. The van der Waals surface area contributed by atoms with E-state index in [4.69, 9.17) is 39.9 Å². The molecule has 168 valence electrons. The lowest BCUT2D eigenvalue weighted by atomic mass is 9.87. The van der Waals surface area contributed by atoms with Gasteiger partial charge in [0.25, 0.3) is 5.91 Å². The third-order valence-electron chi connectivity index (χ3n) is 5.24. The van der Waals surface area contributed by atoms with E-state index in [9.17, 15) is 4.79 Å². The van der Waals surface area contributed by atoms with Gasteiger partial charge in [0.15, 0.2) is 0 Å². The van der Waals surface area contributed by atoms with Gasteiger partial charge < -0.3 is 5.32 Å². The Labute approximate surface area is 208 Å². The molecule has 0 saturated heterocycles. The van der Waals surface area contributed by atoms with Crippen LogP contribution in [0.5, 0.6) is 0 Å². The molecule has 7 heteroatoms. The molecule has 1 aromatic heterocycles. The van der Waals surface area contributed by atoms with Crippen LogP contribution in [-0.4, -0.2) is 15.7 Å². The van der Waals surface area contributed by atoms with E-state index in [2.05, 4.69) is 26.1 Å². The van der Waals surface area contributed by atoms with Crippen LogP contribution in [0.1, 0.15) is 36.7 Å². The molecule has 3 aromatic carbocycles. The number of nitrogens with zero attached hydrogens (tertiary/aromatic N) is 2. The van der Waals surface area contributed by atoms with Crippen LogP contribution < -0.4 is 5.32 Å². The predicted molar refractivity (Wildman–Crippen MR) is 137 cm³/mol. The first-order valence-electron chi connectivity index (χ1n) is 10.4. The van der Waals surface area contributed by atoms with Gasteiger partial charge in [0, 0.05) is 27.2 Å². The zero-order chi connectivity index (χ0) is 23.8. The lowest BCUT2D eigenvalue weighted by Gasteiger charge is -2.19. The molecule has 1 heterocycles. The van der Waals surface area contributed by atoms with Gasteiger partial charge in [-0.2, -0.15) is 5.10 Å². The molecule has 4 aromatic rings. The van der Waals surface area contributed by atoms with Gasteiger partial charge in [-0.3, -0.25) is 4.79 Å². The summed E-state index contributed by atoms with van der Waals surface area (Å²) < 4.78 is 1.58. The monoisotopic (exact) mass is 497 g/mol. The third-order valence-corrected chi connectivity index (χ3v) is 6.05. The van der Waals surface area contributed by atoms with Gasteiger partial charge >= 0.3 is 0 Å². The highest BCUT2D eigenvalue weighted by Gasteiger charge is 2.18. The number of halogens is 3. The van der Waals surface area contributed by atoms with Crippen LogP contribution in [-0.2, 0) is 5.41 Å². The molecule has 1 amide bonds. The molecular weight excluding hydrogens is 477 g/mol. The van der Waals surface area contributed by atoms with Crippen LogP contribution in [0.3, 0.4) is 0 Å². The smallest absolute Gasteiger partial charge is 0.256 e. The number of aromatic nitrogens is 2. The fraction of sp³-hybridized carbons (Fsp3) is 0.154. The summed E-state index contributed by atoms with van der Waals surface area (Å²) >= 11 is 18.7. The van der Waals surface area contributed by atoms with Crippen LogP contribution in [0.4, 0.5) is 5.82 Å². The van der Waals surface area contributed by atoms with Crippen molar-refractivity contribution in [3.8, 4) is 16.9 Å². The normalized spacial score (nSPS) is 11.5. The summed E-state index contributed by atoms with van der Waals surface area (Å²) in [5, 5.41) is 9.25. The van der Waals surface area contributed by atoms with Crippen LogP contribution in [0, 0.1) is 0 Å². The number of hydrogen-bond donors (Lipinski definition) is 1. The molecule has 0 fully saturated rings. The van der Waals surface area contributed by atoms with E-state index >= 15 is 0 Å². The molecule has 0 unspecified atom stereocenters. The van der Waals surface area contributed by atoms with Crippen molar-refractivity contribution in [2.24, 2.45) is 0 Å². The lowest BCUT2D eigenvalue weighted by molar-refractivity contribution is 0.102. The third kappa shape index (κ3) is 5.25. The van der Waals surface area contributed by atoms with Crippen LogP contribution in [0.2, 0.25) is 15.1 Å². The van der Waals surface area contributed by atoms with Crippen molar-refractivity contribution < 1.29 is 4.79 Å². The Morgan fingerprint density at radius 3 is 2.12 bits per heavy atom. The predicted octanol–water partition coefficient (Wildman–Crippen LogP) is 8.05. The SMILES string of the molecule is CC(C)(C)c1ccc(C(=O)Nc2cc(-c3ccc(Cl)cc3)nn2-c2cc(Cl)ccc2Cl)cc1. The first-order valence-corrected chi connectivity index (χ1v) is 11.5. The Morgan fingerprint density at radius 2 is 1.48 bits per heavy atom. The van der Waals surface area contributed by atoms with Crippen LogP contribution >= 0.6 is 34.8 Å².